The lowest BCUT2D eigenvalue weighted by molar-refractivity contribution is 1.02. The Morgan fingerprint density at radius 2 is 1.95 bits per heavy atom. The van der Waals surface area contributed by atoms with Crippen molar-refractivity contribution in [2.24, 2.45) is 0 Å². The summed E-state index contributed by atoms with van der Waals surface area (Å²) in [7, 11) is 1.80. The minimum atomic E-state index is 0.606. The lowest BCUT2D eigenvalue weighted by Gasteiger charge is -2.11. The van der Waals surface area contributed by atoms with Crippen molar-refractivity contribution >= 4 is 27.7 Å². The highest BCUT2D eigenvalue weighted by Crippen LogP contribution is 2.21. The van der Waals surface area contributed by atoms with Crippen LogP contribution in [0.25, 0.3) is 0 Å². The normalized spacial score (nSPS) is 10.3. The van der Waals surface area contributed by atoms with Crippen molar-refractivity contribution in [3.8, 4) is 0 Å². The first-order chi connectivity index (χ1) is 9.24. The molecule has 0 atom stereocenters. The average Bonchev–Trinajstić information content (AvgIpc) is 2.46. The minimum Gasteiger partial charge on any atom is -0.365 e. The summed E-state index contributed by atoms with van der Waals surface area (Å²) in [4.78, 5) is 8.52. The van der Waals surface area contributed by atoms with E-state index in [2.05, 4.69) is 67.7 Å². The van der Waals surface area contributed by atoms with Crippen molar-refractivity contribution in [2.75, 3.05) is 17.7 Å². The van der Waals surface area contributed by atoms with Gasteiger partial charge in [-0.3, -0.25) is 0 Å². The first-order valence-electron chi connectivity index (χ1n) is 6.25. The molecule has 0 aliphatic carbocycles. The molecule has 2 N–H and O–H groups in total. The van der Waals surface area contributed by atoms with Gasteiger partial charge in [0.15, 0.2) is 0 Å². The zero-order valence-corrected chi connectivity index (χ0v) is 12.7. The van der Waals surface area contributed by atoms with Crippen LogP contribution >= 0.6 is 15.9 Å². The van der Waals surface area contributed by atoms with E-state index in [0.717, 1.165) is 23.3 Å². The highest BCUT2D eigenvalue weighted by Gasteiger charge is 2.05. The molecule has 0 saturated carbocycles. The van der Waals surface area contributed by atoms with Crippen molar-refractivity contribution in [1.82, 2.24) is 9.97 Å². The van der Waals surface area contributed by atoms with Gasteiger partial charge >= 0.3 is 0 Å². The zero-order valence-electron chi connectivity index (χ0n) is 11.1. The van der Waals surface area contributed by atoms with E-state index in [-0.39, 0.29) is 0 Å². The molecule has 1 aromatic heterocycles. The van der Waals surface area contributed by atoms with E-state index >= 15 is 0 Å². The minimum absolute atomic E-state index is 0.606. The fraction of sp³-hybridized carbons (Fsp3) is 0.286. The maximum absolute atomic E-state index is 4.38. The van der Waals surface area contributed by atoms with Gasteiger partial charge in [0, 0.05) is 19.8 Å². The predicted octanol–water partition coefficient (Wildman–Crippen LogP) is 3.46. The van der Waals surface area contributed by atoms with Gasteiger partial charge in [-0.2, -0.15) is 4.98 Å². The second-order valence-corrected chi connectivity index (χ2v) is 4.97. The second kappa shape index (κ2) is 6.52. The van der Waals surface area contributed by atoms with Gasteiger partial charge in [-0.1, -0.05) is 31.2 Å². The zero-order chi connectivity index (χ0) is 13.7. The molecule has 0 spiro atoms. The average molecular weight is 321 g/mol. The van der Waals surface area contributed by atoms with Crippen LogP contribution < -0.4 is 10.6 Å². The van der Waals surface area contributed by atoms with Crippen molar-refractivity contribution in [1.29, 1.82) is 0 Å². The summed E-state index contributed by atoms with van der Waals surface area (Å²) in [5, 5.41) is 6.27. The van der Waals surface area contributed by atoms with E-state index < -0.39 is 0 Å². The molecule has 0 unspecified atom stereocenters. The molecule has 5 heteroatoms. The third-order valence-corrected chi connectivity index (χ3v) is 3.49. The van der Waals surface area contributed by atoms with Gasteiger partial charge in [0.1, 0.15) is 5.82 Å². The monoisotopic (exact) mass is 320 g/mol. The van der Waals surface area contributed by atoms with Gasteiger partial charge in [0.05, 0.1) is 4.47 Å². The Hall–Kier alpha value is -1.62. The summed E-state index contributed by atoms with van der Waals surface area (Å²) in [6.45, 7) is 2.92. The summed E-state index contributed by atoms with van der Waals surface area (Å²) in [5.41, 5.74) is 2.65. The number of nitrogens with one attached hydrogen (secondary N) is 2. The molecule has 0 aliphatic heterocycles. The van der Waals surface area contributed by atoms with E-state index in [1.165, 1.54) is 11.1 Å². The van der Waals surface area contributed by atoms with Crippen LogP contribution in [-0.4, -0.2) is 17.0 Å². The lowest BCUT2D eigenvalue weighted by atomic mass is 10.1. The van der Waals surface area contributed by atoms with Crippen LogP contribution in [0.5, 0.6) is 0 Å². The summed E-state index contributed by atoms with van der Waals surface area (Å²) in [6.07, 6.45) is 2.78. The van der Waals surface area contributed by atoms with Crippen LogP contribution in [-0.2, 0) is 13.0 Å². The van der Waals surface area contributed by atoms with Crippen LogP contribution in [0.1, 0.15) is 18.1 Å². The second-order valence-electron chi connectivity index (χ2n) is 4.12. The first-order valence-corrected chi connectivity index (χ1v) is 7.04. The fourth-order valence-electron chi connectivity index (χ4n) is 1.87. The third-order valence-electron chi connectivity index (χ3n) is 2.91. The Morgan fingerprint density at radius 1 is 1.21 bits per heavy atom. The Balaban J connectivity index is 2.14. The molecule has 1 aromatic carbocycles. The van der Waals surface area contributed by atoms with Crippen LogP contribution in [0.4, 0.5) is 11.8 Å². The van der Waals surface area contributed by atoms with E-state index in [1.54, 1.807) is 13.2 Å². The molecule has 19 heavy (non-hydrogen) atoms. The van der Waals surface area contributed by atoms with Crippen molar-refractivity contribution < 1.29 is 0 Å². The Morgan fingerprint density at radius 3 is 2.63 bits per heavy atom. The van der Waals surface area contributed by atoms with Crippen LogP contribution in [0.2, 0.25) is 0 Å². The Labute approximate surface area is 121 Å². The number of nitrogens with zero attached hydrogens (tertiary/aromatic N) is 2. The van der Waals surface area contributed by atoms with Gasteiger partial charge in [0.25, 0.3) is 0 Å². The number of aryl methyl sites for hydroxylation is 1. The van der Waals surface area contributed by atoms with E-state index in [1.807, 2.05) is 0 Å². The number of aromatic nitrogens is 2. The molecule has 100 valence electrons. The molecule has 0 aliphatic rings. The molecule has 2 rings (SSSR count). The Kier molecular flexibility index (Phi) is 4.74. The maximum Gasteiger partial charge on any atom is 0.224 e. The topological polar surface area (TPSA) is 49.8 Å². The maximum atomic E-state index is 4.38. The SMILES string of the molecule is CCc1ccccc1CNc1nc(NC)ncc1Br. The molecule has 1 heterocycles. The number of halogens is 1. The molecule has 4 nitrogen and oxygen atoms in total. The van der Waals surface area contributed by atoms with E-state index in [9.17, 15) is 0 Å². The number of hydrogen-bond acceptors (Lipinski definition) is 4. The molecular weight excluding hydrogens is 304 g/mol. The standard InChI is InChI=1S/C14H17BrN4/c1-3-10-6-4-5-7-11(10)8-17-13-12(15)9-18-14(16-2)19-13/h4-7,9H,3,8H2,1-2H3,(H2,16,17,18,19). The van der Waals surface area contributed by atoms with Gasteiger partial charge in [-0.05, 0) is 33.5 Å². The number of anilines is 2. The van der Waals surface area contributed by atoms with Gasteiger partial charge < -0.3 is 10.6 Å². The smallest absolute Gasteiger partial charge is 0.224 e. The summed E-state index contributed by atoms with van der Waals surface area (Å²) >= 11 is 3.45. The van der Waals surface area contributed by atoms with Crippen LogP contribution in [0.3, 0.4) is 0 Å². The Bertz CT molecular complexity index is 557. The van der Waals surface area contributed by atoms with E-state index in [4.69, 9.17) is 0 Å². The van der Waals surface area contributed by atoms with E-state index in [0.29, 0.717) is 5.95 Å². The largest absolute Gasteiger partial charge is 0.365 e. The number of hydrogen-bond donors (Lipinski definition) is 2. The summed E-state index contributed by atoms with van der Waals surface area (Å²) < 4.78 is 0.862. The molecule has 2 aromatic rings. The molecule has 0 radical (unpaired) electrons. The van der Waals surface area contributed by atoms with Crippen molar-refractivity contribution in [3.05, 3.63) is 46.1 Å². The quantitative estimate of drug-likeness (QED) is 0.885. The van der Waals surface area contributed by atoms with Crippen molar-refractivity contribution in [3.63, 3.8) is 0 Å². The summed E-state index contributed by atoms with van der Waals surface area (Å²) in [5.74, 6) is 1.40. The predicted molar refractivity (Wildman–Crippen MR) is 82.4 cm³/mol. The molecule has 0 fully saturated rings. The third kappa shape index (κ3) is 3.44. The van der Waals surface area contributed by atoms with Gasteiger partial charge in [-0.25, -0.2) is 4.98 Å². The molecule has 0 saturated heterocycles. The number of rotatable bonds is 5. The molecular formula is C14H17BrN4. The van der Waals surface area contributed by atoms with Gasteiger partial charge in [0.2, 0.25) is 5.95 Å². The van der Waals surface area contributed by atoms with Crippen molar-refractivity contribution in [2.45, 2.75) is 19.9 Å². The molecule has 0 bridgehead atoms. The number of benzene rings is 1. The highest BCUT2D eigenvalue weighted by atomic mass is 79.9. The van der Waals surface area contributed by atoms with Crippen LogP contribution in [0.15, 0.2) is 34.9 Å². The lowest BCUT2D eigenvalue weighted by Crippen LogP contribution is -2.06. The molecule has 0 amide bonds. The van der Waals surface area contributed by atoms with Crippen LogP contribution in [0, 0.1) is 0 Å². The highest BCUT2D eigenvalue weighted by molar-refractivity contribution is 9.10. The first kappa shape index (κ1) is 13.8. The summed E-state index contributed by atoms with van der Waals surface area (Å²) in [6, 6.07) is 8.43. The van der Waals surface area contributed by atoms with Gasteiger partial charge in [-0.15, -0.1) is 0 Å². The fourth-order valence-corrected chi connectivity index (χ4v) is 2.20.